The fourth-order valence-electron chi connectivity index (χ4n) is 5.92. The van der Waals surface area contributed by atoms with E-state index < -0.39 is 19.6 Å². The van der Waals surface area contributed by atoms with Gasteiger partial charge in [0.1, 0.15) is 0 Å². The van der Waals surface area contributed by atoms with Crippen molar-refractivity contribution in [2.24, 2.45) is 5.92 Å². The summed E-state index contributed by atoms with van der Waals surface area (Å²) in [5, 5.41) is 1.86. The largest absolute Gasteiger partial charge is 0 e. The van der Waals surface area contributed by atoms with Crippen LogP contribution in [-0.2, 0) is 31.9 Å². The van der Waals surface area contributed by atoms with E-state index in [9.17, 15) is 4.39 Å². The molecule has 0 atom stereocenters. The monoisotopic (exact) mass is 903 g/mol. The fraction of sp³-hybridized carbons (Fsp3) is 0.227. The molecule has 3 aromatic heterocycles. The standard InChI is InChI=1S/C24H26N.C20H17FGeNO.Ir/c1-18(2)15-19-13-14-25-23(16-19)20-9-8-12-22(17-20)24(3,4)21-10-6-5-7-11-21;1-22(2,3)14-8-10-18(23-12-14)17-6-4-5-16-15-9-7-13(21)11-19(15)24-20(16)17;/h5-8,10-14,16-18H,15H2,1-4H3;4-5,7-12H,1-3H3;/q2*-1;/i15D2;;. The van der Waals surface area contributed by atoms with Crippen LogP contribution >= 0.6 is 0 Å². The molecule has 0 amide bonds. The second-order valence-corrected chi connectivity index (χ2v) is 24.9. The van der Waals surface area contributed by atoms with Crippen LogP contribution in [0.15, 0.2) is 120 Å². The molecule has 257 valence electrons. The topological polar surface area (TPSA) is 38.9 Å². The zero-order valence-electron chi connectivity index (χ0n) is 31.6. The Kier molecular flexibility index (Phi) is 10.7. The normalized spacial score (nSPS) is 12.6. The third kappa shape index (κ3) is 8.34. The average Bonchev–Trinajstić information content (AvgIpc) is 3.50. The predicted octanol–water partition coefficient (Wildman–Crippen LogP) is 11.2. The summed E-state index contributed by atoms with van der Waals surface area (Å²) < 4.78 is 37.5. The second kappa shape index (κ2) is 15.6. The van der Waals surface area contributed by atoms with Crippen molar-refractivity contribution >= 4 is 39.6 Å². The van der Waals surface area contributed by atoms with Crippen molar-refractivity contribution in [1.82, 2.24) is 9.97 Å². The van der Waals surface area contributed by atoms with Gasteiger partial charge in [-0.1, -0.05) is 69.7 Å². The fourth-order valence-corrected chi connectivity index (χ4v) is 8.09. The minimum Gasteiger partial charge on any atom is 0 e. The first kappa shape index (κ1) is 34.5. The Morgan fingerprint density at radius 2 is 1.58 bits per heavy atom. The molecule has 0 unspecified atom stereocenters. The number of aromatic nitrogens is 2. The molecule has 0 saturated heterocycles. The van der Waals surface area contributed by atoms with E-state index in [-0.39, 0.29) is 37.3 Å². The van der Waals surface area contributed by atoms with Crippen LogP contribution in [0.1, 0.15) is 47.1 Å². The molecule has 0 bridgehead atoms. The van der Waals surface area contributed by atoms with Crippen LogP contribution < -0.4 is 4.40 Å². The number of fused-ring (bicyclic) bond motifs is 3. The summed E-state index contributed by atoms with van der Waals surface area (Å²) in [6, 6.07) is 39.3. The van der Waals surface area contributed by atoms with Crippen molar-refractivity contribution in [1.29, 1.82) is 0 Å². The van der Waals surface area contributed by atoms with Gasteiger partial charge in [0.25, 0.3) is 0 Å². The van der Waals surface area contributed by atoms with Gasteiger partial charge in [0.15, 0.2) is 0 Å². The zero-order chi connectivity index (χ0) is 36.6. The number of benzene rings is 4. The van der Waals surface area contributed by atoms with Crippen LogP contribution in [0.25, 0.3) is 44.5 Å². The molecule has 3 nitrogen and oxygen atoms in total. The molecule has 7 aromatic rings. The van der Waals surface area contributed by atoms with Crippen LogP contribution in [-0.4, -0.2) is 23.2 Å². The zero-order valence-corrected chi connectivity index (χ0v) is 34.1. The van der Waals surface area contributed by atoms with Crippen LogP contribution in [0, 0.1) is 23.9 Å². The minimum atomic E-state index is -1.88. The van der Waals surface area contributed by atoms with E-state index in [4.69, 9.17) is 7.16 Å². The first-order valence-electron chi connectivity index (χ1n) is 17.7. The molecule has 0 aliphatic carbocycles. The van der Waals surface area contributed by atoms with Gasteiger partial charge >= 0.3 is 142 Å². The van der Waals surface area contributed by atoms with Gasteiger partial charge in [-0.3, -0.25) is 0 Å². The molecule has 50 heavy (non-hydrogen) atoms. The van der Waals surface area contributed by atoms with Crippen LogP contribution in [0.4, 0.5) is 4.39 Å². The molecule has 4 aromatic carbocycles. The molecule has 0 spiro atoms. The maximum atomic E-state index is 13.5. The van der Waals surface area contributed by atoms with Crippen molar-refractivity contribution < 1.29 is 31.7 Å². The third-order valence-electron chi connectivity index (χ3n) is 8.79. The van der Waals surface area contributed by atoms with E-state index in [1.54, 1.807) is 18.3 Å². The second-order valence-electron chi connectivity index (χ2n) is 14.2. The Bertz CT molecular complexity index is 2300. The van der Waals surface area contributed by atoms with Gasteiger partial charge in [0, 0.05) is 29.0 Å². The molecule has 0 aliphatic rings. The Labute approximate surface area is 314 Å². The number of rotatable bonds is 7. The average molecular weight is 902 g/mol. The molecular weight excluding hydrogens is 856 g/mol. The van der Waals surface area contributed by atoms with Crippen molar-refractivity contribution in [3.05, 3.63) is 150 Å². The molecule has 0 fully saturated rings. The predicted molar refractivity (Wildman–Crippen MR) is 204 cm³/mol. The van der Waals surface area contributed by atoms with E-state index in [1.807, 2.05) is 56.4 Å². The third-order valence-corrected chi connectivity index (χ3v) is 13.0. The summed E-state index contributed by atoms with van der Waals surface area (Å²) in [5.41, 5.74) is 7.48. The summed E-state index contributed by atoms with van der Waals surface area (Å²) in [7, 11) is 0. The summed E-state index contributed by atoms with van der Waals surface area (Å²) in [6.45, 7) is 8.22. The Morgan fingerprint density at radius 3 is 2.28 bits per heavy atom. The van der Waals surface area contributed by atoms with Gasteiger partial charge in [-0.05, 0) is 35.0 Å². The van der Waals surface area contributed by atoms with E-state index in [2.05, 4.69) is 95.7 Å². The molecular formula is C44H43FGeIrN2O-2. The van der Waals surface area contributed by atoms with Crippen LogP contribution in [0.3, 0.4) is 0 Å². The van der Waals surface area contributed by atoms with Crippen LogP contribution in [0.5, 0.6) is 0 Å². The summed E-state index contributed by atoms with van der Waals surface area (Å²) in [5.74, 6) is 6.62. The Morgan fingerprint density at radius 1 is 0.820 bits per heavy atom. The van der Waals surface area contributed by atoms with Gasteiger partial charge < -0.3 is 4.98 Å². The van der Waals surface area contributed by atoms with Gasteiger partial charge in [-0.25, -0.2) is 0 Å². The van der Waals surface area contributed by atoms with E-state index >= 15 is 0 Å². The van der Waals surface area contributed by atoms with Gasteiger partial charge in [0.05, 0.1) is 0 Å². The molecule has 6 heteroatoms. The number of pyridine rings is 2. The maximum absolute atomic E-state index is 13.5. The first-order chi connectivity index (χ1) is 24.2. The molecule has 3 heterocycles. The minimum absolute atomic E-state index is 0. The van der Waals surface area contributed by atoms with Gasteiger partial charge in [-0.15, -0.1) is 35.4 Å². The summed E-state index contributed by atoms with van der Waals surface area (Å²) >= 11 is -1.88. The Balaban J connectivity index is 0.000000198. The molecule has 1 radical (unpaired) electrons. The van der Waals surface area contributed by atoms with Crippen LogP contribution in [0.2, 0.25) is 17.3 Å². The smallest absolute Gasteiger partial charge is 0 e. The van der Waals surface area contributed by atoms with E-state index in [0.717, 1.165) is 33.3 Å². The number of furan rings is 1. The number of halogens is 1. The van der Waals surface area contributed by atoms with Crippen molar-refractivity contribution in [2.45, 2.75) is 56.8 Å². The Hall–Kier alpha value is -3.90. The SMILES string of the molecule is [2H]C([2H])(c1ccnc(-c2[c-]ccc(C(C)(C)c3ccccc3)c2)c1)C(C)C.[CH3][Ge]([CH3])([CH3])[c]1ccc(-c2[c-]ccc3c2oc2cc(F)ccc23)nc1.[Ir]. The number of hydrogen-bond donors (Lipinski definition) is 0. The quantitative estimate of drug-likeness (QED) is 0.118. The molecule has 0 N–H and O–H groups in total. The van der Waals surface area contributed by atoms with Crippen molar-refractivity contribution in [3.8, 4) is 22.5 Å². The maximum Gasteiger partial charge on any atom is 0 e. The summed E-state index contributed by atoms with van der Waals surface area (Å²) in [4.78, 5) is 9.12. The van der Waals surface area contributed by atoms with E-state index in [0.29, 0.717) is 16.7 Å². The number of nitrogens with zero attached hydrogens (tertiary/aromatic N) is 2. The first-order valence-corrected chi connectivity index (χ1v) is 24.0. The number of hydrogen-bond acceptors (Lipinski definition) is 3. The van der Waals surface area contributed by atoms with E-state index in [1.165, 1.54) is 27.7 Å². The summed E-state index contributed by atoms with van der Waals surface area (Å²) in [6.07, 6.45) is 2.27. The van der Waals surface area contributed by atoms with Crippen molar-refractivity contribution in [2.75, 3.05) is 0 Å². The molecule has 0 aliphatic heterocycles. The van der Waals surface area contributed by atoms with Crippen molar-refractivity contribution in [3.63, 3.8) is 0 Å². The van der Waals surface area contributed by atoms with Gasteiger partial charge in [0.2, 0.25) is 0 Å². The molecule has 7 rings (SSSR count). The van der Waals surface area contributed by atoms with Gasteiger partial charge in [-0.2, -0.15) is 0 Å². The molecule has 0 saturated carbocycles.